The average Bonchev–Trinajstić information content (AvgIpc) is 1.89. The number of aliphatic hydroxyl groups is 2. The summed E-state index contributed by atoms with van der Waals surface area (Å²) in [6.45, 7) is 2.98. The summed E-state index contributed by atoms with van der Waals surface area (Å²) in [5.41, 5.74) is 0. The lowest BCUT2D eigenvalue weighted by Gasteiger charge is -2.18. The second kappa shape index (κ2) is 3.88. The topological polar surface area (TPSA) is 40.5 Å². The minimum absolute atomic E-state index is 0.225. The predicted molar refractivity (Wildman–Crippen MR) is 37.6 cm³/mol. The lowest BCUT2D eigenvalue weighted by molar-refractivity contribution is 0.170. The molecule has 0 saturated heterocycles. The predicted octanol–water partition coefficient (Wildman–Crippen LogP) is 0.525. The van der Waals surface area contributed by atoms with Crippen LogP contribution in [0.15, 0.2) is 12.7 Å². The van der Waals surface area contributed by atoms with Crippen LogP contribution in [0.4, 0.5) is 0 Å². The lowest BCUT2D eigenvalue weighted by Crippen LogP contribution is -2.29. The molecule has 0 unspecified atom stereocenters. The Bertz CT molecular complexity index is 89.1. The fourth-order valence-corrected chi connectivity index (χ4v) is 0.547. The van der Waals surface area contributed by atoms with Gasteiger partial charge in [0.25, 0.3) is 0 Å². The van der Waals surface area contributed by atoms with Crippen molar-refractivity contribution in [3.63, 3.8) is 0 Å². The molecular formula is C6H11ClO2. The van der Waals surface area contributed by atoms with E-state index >= 15 is 0 Å². The zero-order valence-electron chi connectivity index (χ0n) is 5.18. The van der Waals surface area contributed by atoms with Gasteiger partial charge in [0, 0.05) is 0 Å². The zero-order valence-corrected chi connectivity index (χ0v) is 5.93. The van der Waals surface area contributed by atoms with Gasteiger partial charge in [-0.25, -0.2) is 0 Å². The van der Waals surface area contributed by atoms with Crippen LogP contribution in [0.5, 0.6) is 0 Å². The minimum atomic E-state index is -0.901. The Labute approximate surface area is 59.8 Å². The van der Waals surface area contributed by atoms with Gasteiger partial charge in [0.15, 0.2) is 0 Å². The van der Waals surface area contributed by atoms with E-state index in [1.165, 1.54) is 0 Å². The van der Waals surface area contributed by atoms with E-state index in [2.05, 4.69) is 6.58 Å². The maximum atomic E-state index is 8.58. The summed E-state index contributed by atoms with van der Waals surface area (Å²) in [7, 11) is 0. The maximum absolute atomic E-state index is 8.58. The van der Waals surface area contributed by atoms with Crippen molar-refractivity contribution in [2.75, 3.05) is 13.2 Å². The fourth-order valence-electron chi connectivity index (χ4n) is 0.438. The molecule has 0 radical (unpaired) electrons. The third kappa shape index (κ3) is 2.84. The van der Waals surface area contributed by atoms with E-state index < -0.39 is 4.87 Å². The van der Waals surface area contributed by atoms with Gasteiger partial charge in [0.2, 0.25) is 0 Å². The second-order valence-corrected chi connectivity index (χ2v) is 2.76. The fraction of sp³-hybridized carbons (Fsp3) is 0.667. The highest BCUT2D eigenvalue weighted by Crippen LogP contribution is 2.17. The van der Waals surface area contributed by atoms with Gasteiger partial charge in [-0.05, 0) is 6.42 Å². The highest BCUT2D eigenvalue weighted by Gasteiger charge is 2.22. The first-order chi connectivity index (χ1) is 4.18. The molecule has 0 aromatic carbocycles. The molecule has 0 fully saturated rings. The van der Waals surface area contributed by atoms with Gasteiger partial charge in [-0.15, -0.1) is 18.2 Å². The summed E-state index contributed by atoms with van der Waals surface area (Å²) in [6, 6.07) is 0. The van der Waals surface area contributed by atoms with Crippen LogP contribution in [0, 0.1) is 0 Å². The molecule has 0 aromatic heterocycles. The van der Waals surface area contributed by atoms with Gasteiger partial charge in [-0.3, -0.25) is 0 Å². The van der Waals surface area contributed by atoms with Crippen molar-refractivity contribution in [1.29, 1.82) is 0 Å². The Balaban J connectivity index is 3.75. The Kier molecular flexibility index (Phi) is 3.86. The third-order valence-electron chi connectivity index (χ3n) is 1.08. The molecule has 2 N–H and O–H groups in total. The second-order valence-electron chi connectivity index (χ2n) is 1.96. The molecule has 54 valence electrons. The van der Waals surface area contributed by atoms with Crippen molar-refractivity contribution >= 4 is 11.6 Å². The molecule has 2 nitrogen and oxygen atoms in total. The summed E-state index contributed by atoms with van der Waals surface area (Å²) in [5, 5.41) is 17.2. The molecule has 0 atom stereocenters. The Morgan fingerprint density at radius 3 is 2.00 bits per heavy atom. The zero-order chi connectivity index (χ0) is 7.33. The van der Waals surface area contributed by atoms with Crippen LogP contribution in [-0.2, 0) is 0 Å². The van der Waals surface area contributed by atoms with E-state index in [4.69, 9.17) is 21.8 Å². The number of aliphatic hydroxyl groups excluding tert-OH is 2. The van der Waals surface area contributed by atoms with Gasteiger partial charge in [-0.1, -0.05) is 6.08 Å². The van der Waals surface area contributed by atoms with Gasteiger partial charge >= 0.3 is 0 Å². The van der Waals surface area contributed by atoms with E-state index in [-0.39, 0.29) is 13.2 Å². The minimum Gasteiger partial charge on any atom is -0.394 e. The number of hydrogen-bond donors (Lipinski definition) is 2. The Morgan fingerprint density at radius 1 is 1.44 bits per heavy atom. The summed E-state index contributed by atoms with van der Waals surface area (Å²) in [4.78, 5) is -0.901. The molecule has 0 aromatic rings. The number of rotatable bonds is 4. The van der Waals surface area contributed by atoms with Crippen LogP contribution >= 0.6 is 11.6 Å². The normalized spacial score (nSPS) is 11.4. The van der Waals surface area contributed by atoms with E-state index in [0.717, 1.165) is 0 Å². The van der Waals surface area contributed by atoms with Crippen molar-refractivity contribution < 1.29 is 10.2 Å². The lowest BCUT2D eigenvalue weighted by atomic mass is 10.1. The maximum Gasteiger partial charge on any atom is 0.0940 e. The molecule has 0 aliphatic carbocycles. The van der Waals surface area contributed by atoms with Crippen molar-refractivity contribution in [1.82, 2.24) is 0 Å². The molecule has 0 aliphatic rings. The monoisotopic (exact) mass is 150 g/mol. The molecule has 0 amide bonds. The molecular weight excluding hydrogens is 140 g/mol. The quantitative estimate of drug-likeness (QED) is 0.453. The highest BCUT2D eigenvalue weighted by atomic mass is 35.5. The molecule has 0 heterocycles. The largest absolute Gasteiger partial charge is 0.394 e. The van der Waals surface area contributed by atoms with Crippen molar-refractivity contribution in [2.24, 2.45) is 0 Å². The molecule has 0 saturated carbocycles. The molecule has 0 spiro atoms. The SMILES string of the molecule is C=CCC(Cl)(CO)CO. The first-order valence-corrected chi connectivity index (χ1v) is 3.08. The number of alkyl halides is 1. The van der Waals surface area contributed by atoms with Crippen LogP contribution in [0.1, 0.15) is 6.42 Å². The number of halogens is 1. The Hall–Kier alpha value is -0.0500. The van der Waals surface area contributed by atoms with Gasteiger partial charge in [0.1, 0.15) is 0 Å². The van der Waals surface area contributed by atoms with Crippen LogP contribution in [0.3, 0.4) is 0 Å². The molecule has 0 bridgehead atoms. The summed E-state index contributed by atoms with van der Waals surface area (Å²) in [6.07, 6.45) is 1.99. The van der Waals surface area contributed by atoms with Crippen LogP contribution < -0.4 is 0 Å². The summed E-state index contributed by atoms with van der Waals surface area (Å²) in [5.74, 6) is 0. The Morgan fingerprint density at radius 2 is 1.89 bits per heavy atom. The van der Waals surface area contributed by atoms with Crippen molar-refractivity contribution in [3.05, 3.63) is 12.7 Å². The van der Waals surface area contributed by atoms with Gasteiger partial charge in [0.05, 0.1) is 18.1 Å². The smallest absolute Gasteiger partial charge is 0.0940 e. The van der Waals surface area contributed by atoms with Crippen LogP contribution in [0.2, 0.25) is 0 Å². The van der Waals surface area contributed by atoms with Gasteiger partial charge in [-0.2, -0.15) is 0 Å². The third-order valence-corrected chi connectivity index (χ3v) is 1.47. The summed E-state index contributed by atoms with van der Waals surface area (Å²) >= 11 is 5.64. The molecule has 3 heteroatoms. The van der Waals surface area contributed by atoms with Crippen molar-refractivity contribution in [3.8, 4) is 0 Å². The van der Waals surface area contributed by atoms with Crippen LogP contribution in [-0.4, -0.2) is 28.3 Å². The molecule has 0 aliphatic heterocycles. The van der Waals surface area contributed by atoms with E-state index in [1.807, 2.05) is 0 Å². The molecule has 0 rings (SSSR count). The first kappa shape index (κ1) is 8.95. The average molecular weight is 151 g/mol. The molecule has 9 heavy (non-hydrogen) atoms. The summed E-state index contributed by atoms with van der Waals surface area (Å²) < 4.78 is 0. The number of hydrogen-bond acceptors (Lipinski definition) is 2. The van der Waals surface area contributed by atoms with E-state index in [9.17, 15) is 0 Å². The first-order valence-electron chi connectivity index (χ1n) is 2.70. The van der Waals surface area contributed by atoms with Gasteiger partial charge < -0.3 is 10.2 Å². The standard InChI is InChI=1S/C6H11ClO2/c1-2-3-6(7,4-8)5-9/h2,8-9H,1,3-5H2. The van der Waals surface area contributed by atoms with Crippen molar-refractivity contribution in [2.45, 2.75) is 11.3 Å². The highest BCUT2D eigenvalue weighted by molar-refractivity contribution is 6.24. The van der Waals surface area contributed by atoms with E-state index in [0.29, 0.717) is 6.42 Å². The number of allylic oxidation sites excluding steroid dienone is 1. The van der Waals surface area contributed by atoms with E-state index in [1.54, 1.807) is 6.08 Å². The van der Waals surface area contributed by atoms with Crippen LogP contribution in [0.25, 0.3) is 0 Å².